The van der Waals surface area contributed by atoms with Crippen molar-refractivity contribution in [2.75, 3.05) is 25.1 Å². The molecule has 3 heterocycles. The second-order valence-corrected chi connectivity index (χ2v) is 8.91. The first-order valence-electron chi connectivity index (χ1n) is 10.9. The maximum absolute atomic E-state index is 12.8. The zero-order chi connectivity index (χ0) is 21.9. The van der Waals surface area contributed by atoms with Gasteiger partial charge in [-0.25, -0.2) is 4.98 Å². The van der Waals surface area contributed by atoms with E-state index in [0.717, 1.165) is 53.6 Å². The van der Waals surface area contributed by atoms with E-state index in [1.165, 1.54) is 5.69 Å². The number of nitrogens with one attached hydrogen (secondary N) is 1. The van der Waals surface area contributed by atoms with E-state index in [1.807, 2.05) is 46.3 Å². The van der Waals surface area contributed by atoms with Crippen LogP contribution in [0.1, 0.15) is 18.5 Å². The van der Waals surface area contributed by atoms with Crippen molar-refractivity contribution in [1.82, 2.24) is 14.7 Å². The van der Waals surface area contributed by atoms with Crippen molar-refractivity contribution >= 4 is 27.9 Å². The van der Waals surface area contributed by atoms with Crippen molar-refractivity contribution in [3.63, 3.8) is 0 Å². The first-order chi connectivity index (χ1) is 15.7. The molecular formula is C25H26N4O2S. The predicted octanol–water partition coefficient (Wildman–Crippen LogP) is 4.40. The van der Waals surface area contributed by atoms with E-state index in [-0.39, 0.29) is 11.9 Å². The predicted molar refractivity (Wildman–Crippen MR) is 129 cm³/mol. The van der Waals surface area contributed by atoms with E-state index >= 15 is 0 Å². The molecule has 0 bridgehead atoms. The molecule has 1 aliphatic rings. The van der Waals surface area contributed by atoms with Crippen LogP contribution in [-0.4, -0.2) is 41.5 Å². The fraction of sp³-hybridized carbons (Fsp3) is 0.280. The second kappa shape index (κ2) is 9.04. The maximum atomic E-state index is 12.8. The van der Waals surface area contributed by atoms with Crippen LogP contribution in [0.4, 0.5) is 5.69 Å². The Labute approximate surface area is 191 Å². The standard InChI is InChI=1S/C25H26N4O2S/c1-31-22-9-7-20(8-10-22)28-13-11-19(12-14-28)26-24(30)15-21-17-32-25-27-23(16-29(21)25)18-5-3-2-4-6-18/h2-10,16-17,19H,11-15H2,1H3,(H,26,30). The Kier molecular flexibility index (Phi) is 5.81. The molecule has 2 aromatic heterocycles. The minimum absolute atomic E-state index is 0.0718. The van der Waals surface area contributed by atoms with E-state index in [2.05, 4.69) is 34.5 Å². The van der Waals surface area contributed by atoms with E-state index in [9.17, 15) is 4.79 Å². The fourth-order valence-electron chi connectivity index (χ4n) is 4.22. The highest BCUT2D eigenvalue weighted by molar-refractivity contribution is 7.15. The lowest BCUT2D eigenvalue weighted by atomic mass is 10.0. The Bertz CT molecular complexity index is 1190. The Morgan fingerprint density at radius 3 is 2.59 bits per heavy atom. The smallest absolute Gasteiger partial charge is 0.226 e. The number of benzene rings is 2. The molecule has 1 amide bonds. The number of nitrogens with zero attached hydrogens (tertiary/aromatic N) is 3. The van der Waals surface area contributed by atoms with Gasteiger partial charge < -0.3 is 15.0 Å². The number of carbonyl (C=O) groups excluding carboxylic acids is 1. The molecule has 4 aromatic rings. The molecule has 1 saturated heterocycles. The molecule has 32 heavy (non-hydrogen) atoms. The van der Waals surface area contributed by atoms with Crippen LogP contribution >= 0.6 is 11.3 Å². The number of thiazole rings is 1. The first-order valence-corrected chi connectivity index (χ1v) is 11.8. The number of hydrogen-bond donors (Lipinski definition) is 1. The van der Waals surface area contributed by atoms with Crippen molar-refractivity contribution in [2.24, 2.45) is 0 Å². The molecule has 1 fully saturated rings. The van der Waals surface area contributed by atoms with Crippen LogP contribution in [-0.2, 0) is 11.2 Å². The Hall–Kier alpha value is -3.32. The summed E-state index contributed by atoms with van der Waals surface area (Å²) in [5.41, 5.74) is 4.20. The molecule has 5 rings (SSSR count). The third-order valence-electron chi connectivity index (χ3n) is 5.99. The van der Waals surface area contributed by atoms with Gasteiger partial charge in [-0.3, -0.25) is 9.20 Å². The van der Waals surface area contributed by atoms with Crippen molar-refractivity contribution in [3.05, 3.63) is 71.9 Å². The monoisotopic (exact) mass is 446 g/mol. The highest BCUT2D eigenvalue weighted by Gasteiger charge is 2.22. The third kappa shape index (κ3) is 4.34. The van der Waals surface area contributed by atoms with Crippen LogP contribution < -0.4 is 15.0 Å². The summed E-state index contributed by atoms with van der Waals surface area (Å²) in [6.45, 7) is 1.86. The number of ether oxygens (including phenoxy) is 1. The van der Waals surface area contributed by atoms with Crippen LogP contribution in [0.3, 0.4) is 0 Å². The van der Waals surface area contributed by atoms with Crippen molar-refractivity contribution in [3.8, 4) is 17.0 Å². The van der Waals surface area contributed by atoms with Gasteiger partial charge in [0.1, 0.15) is 5.75 Å². The largest absolute Gasteiger partial charge is 0.497 e. The van der Waals surface area contributed by atoms with Gasteiger partial charge in [0.15, 0.2) is 4.96 Å². The van der Waals surface area contributed by atoms with Crippen molar-refractivity contribution in [2.45, 2.75) is 25.3 Å². The fourth-order valence-corrected chi connectivity index (χ4v) is 5.10. The van der Waals surface area contributed by atoms with Gasteiger partial charge in [-0.05, 0) is 37.1 Å². The summed E-state index contributed by atoms with van der Waals surface area (Å²) in [6.07, 6.45) is 4.28. The number of aromatic nitrogens is 2. The summed E-state index contributed by atoms with van der Waals surface area (Å²) in [6, 6.07) is 18.5. The zero-order valence-corrected chi connectivity index (χ0v) is 18.8. The molecule has 0 atom stereocenters. The summed E-state index contributed by atoms with van der Waals surface area (Å²) in [7, 11) is 1.68. The molecule has 0 aliphatic carbocycles. The van der Waals surface area contributed by atoms with E-state index in [0.29, 0.717) is 6.42 Å². The summed E-state index contributed by atoms with van der Waals surface area (Å²) in [5.74, 6) is 0.940. The van der Waals surface area contributed by atoms with E-state index in [4.69, 9.17) is 9.72 Å². The first kappa shape index (κ1) is 20.6. The normalized spacial score (nSPS) is 14.6. The third-order valence-corrected chi connectivity index (χ3v) is 6.88. The molecule has 164 valence electrons. The van der Waals surface area contributed by atoms with Gasteiger partial charge in [0.05, 0.1) is 19.2 Å². The van der Waals surface area contributed by atoms with Crippen LogP contribution in [0.5, 0.6) is 5.75 Å². The topological polar surface area (TPSA) is 58.9 Å². The van der Waals surface area contributed by atoms with Gasteiger partial charge in [0.25, 0.3) is 0 Å². The van der Waals surface area contributed by atoms with Gasteiger partial charge in [-0.1, -0.05) is 30.3 Å². The number of rotatable bonds is 6. The number of imidazole rings is 1. The molecule has 2 aromatic carbocycles. The molecule has 6 nitrogen and oxygen atoms in total. The second-order valence-electron chi connectivity index (χ2n) is 8.08. The molecule has 7 heteroatoms. The van der Waals surface area contributed by atoms with Crippen molar-refractivity contribution < 1.29 is 9.53 Å². The minimum atomic E-state index is 0.0718. The van der Waals surface area contributed by atoms with Gasteiger partial charge in [-0.15, -0.1) is 11.3 Å². The molecule has 1 aliphatic heterocycles. The van der Waals surface area contributed by atoms with Crippen LogP contribution in [0, 0.1) is 0 Å². The number of hydrogen-bond acceptors (Lipinski definition) is 5. The SMILES string of the molecule is COc1ccc(N2CCC(NC(=O)Cc3csc4nc(-c5ccccc5)cn34)CC2)cc1. The van der Waals surface area contributed by atoms with Gasteiger partial charge in [0, 0.05) is 47.7 Å². The lowest BCUT2D eigenvalue weighted by Gasteiger charge is -2.34. The van der Waals surface area contributed by atoms with Crippen LogP contribution in [0.15, 0.2) is 66.2 Å². The van der Waals surface area contributed by atoms with Crippen LogP contribution in [0.2, 0.25) is 0 Å². The molecule has 0 spiro atoms. The zero-order valence-electron chi connectivity index (χ0n) is 18.0. The number of anilines is 1. The van der Waals surface area contributed by atoms with Crippen molar-refractivity contribution in [1.29, 1.82) is 0 Å². The average molecular weight is 447 g/mol. The molecular weight excluding hydrogens is 420 g/mol. The lowest BCUT2D eigenvalue weighted by Crippen LogP contribution is -2.45. The summed E-state index contributed by atoms with van der Waals surface area (Å²) in [4.78, 5) is 20.7. The average Bonchev–Trinajstić information content (AvgIpc) is 3.42. The Morgan fingerprint density at radius 2 is 1.88 bits per heavy atom. The Morgan fingerprint density at radius 1 is 1.12 bits per heavy atom. The molecule has 0 radical (unpaired) electrons. The summed E-state index contributed by atoms with van der Waals surface area (Å²) in [5, 5.41) is 5.27. The molecule has 0 saturated carbocycles. The summed E-state index contributed by atoms with van der Waals surface area (Å²) >= 11 is 1.57. The quantitative estimate of drug-likeness (QED) is 0.477. The minimum Gasteiger partial charge on any atom is -0.497 e. The number of carbonyl (C=O) groups is 1. The summed E-state index contributed by atoms with van der Waals surface area (Å²) < 4.78 is 7.28. The number of amides is 1. The number of methoxy groups -OCH3 is 1. The molecule has 0 unspecified atom stereocenters. The molecule has 1 N–H and O–H groups in total. The van der Waals surface area contributed by atoms with Gasteiger partial charge in [-0.2, -0.15) is 0 Å². The highest BCUT2D eigenvalue weighted by atomic mass is 32.1. The van der Waals surface area contributed by atoms with Crippen LogP contribution in [0.25, 0.3) is 16.2 Å². The van der Waals surface area contributed by atoms with Gasteiger partial charge >= 0.3 is 0 Å². The van der Waals surface area contributed by atoms with Gasteiger partial charge in [0.2, 0.25) is 5.91 Å². The number of piperidine rings is 1. The van der Waals surface area contributed by atoms with E-state index < -0.39 is 0 Å². The Balaban J connectivity index is 1.17. The number of fused-ring (bicyclic) bond motifs is 1. The maximum Gasteiger partial charge on any atom is 0.226 e. The van der Waals surface area contributed by atoms with E-state index in [1.54, 1.807) is 18.4 Å². The highest BCUT2D eigenvalue weighted by Crippen LogP contribution is 2.25. The lowest BCUT2D eigenvalue weighted by molar-refractivity contribution is -0.121.